The zero-order valence-electron chi connectivity index (χ0n) is 9.96. The quantitative estimate of drug-likeness (QED) is 0.891. The van der Waals surface area contributed by atoms with Gasteiger partial charge in [-0.05, 0) is 25.0 Å². The smallest absolute Gasteiger partial charge is 0.335 e. The van der Waals surface area contributed by atoms with E-state index in [1.165, 1.54) is 25.0 Å². The monoisotopic (exact) mass is 287 g/mol. The third-order valence-electron chi connectivity index (χ3n) is 3.19. The number of hydrogen-bond donors (Lipinski definition) is 1. The topological polar surface area (TPSA) is 40.5 Å². The average molecular weight is 288 g/mol. The summed E-state index contributed by atoms with van der Waals surface area (Å²) in [5.74, 6) is -1.01. The lowest BCUT2D eigenvalue weighted by molar-refractivity contribution is 0.0697. The van der Waals surface area contributed by atoms with Crippen molar-refractivity contribution in [3.63, 3.8) is 0 Å². The van der Waals surface area contributed by atoms with E-state index in [1.54, 1.807) is 0 Å². The molecule has 0 saturated carbocycles. The number of aromatic carboxylic acids is 1. The van der Waals surface area contributed by atoms with Crippen LogP contribution in [0.25, 0.3) is 0 Å². The Kier molecular flexibility index (Phi) is 4.36. The Bertz CT molecular complexity index is 431. The number of carboxylic acid groups (broad SMARTS) is 1. The molecule has 0 spiro atoms. The first-order valence-corrected chi connectivity index (χ1v) is 6.82. The van der Waals surface area contributed by atoms with Gasteiger partial charge in [-0.25, -0.2) is 4.79 Å². The van der Waals surface area contributed by atoms with Gasteiger partial charge in [0.05, 0.1) is 21.3 Å². The number of hydrogen-bond acceptors (Lipinski definition) is 2. The lowest BCUT2D eigenvalue weighted by Crippen LogP contribution is -2.24. The minimum Gasteiger partial charge on any atom is -0.478 e. The van der Waals surface area contributed by atoms with E-state index in [0.29, 0.717) is 10.0 Å². The van der Waals surface area contributed by atoms with Crippen LogP contribution in [0.2, 0.25) is 10.0 Å². The molecule has 0 aromatic heterocycles. The Labute approximate surface area is 116 Å². The van der Waals surface area contributed by atoms with E-state index >= 15 is 0 Å². The molecule has 5 heteroatoms. The standard InChI is InChI=1S/C13H15Cl2NO2/c14-10-7-9(13(17)18)8-11(15)12(10)16-5-3-1-2-4-6-16/h7-8H,1-6H2,(H,17,18). The van der Waals surface area contributed by atoms with Crippen molar-refractivity contribution in [3.8, 4) is 0 Å². The molecule has 0 aliphatic carbocycles. The molecular weight excluding hydrogens is 273 g/mol. The van der Waals surface area contributed by atoms with Crippen molar-refractivity contribution in [3.05, 3.63) is 27.7 Å². The summed E-state index contributed by atoms with van der Waals surface area (Å²) < 4.78 is 0. The molecule has 0 amide bonds. The van der Waals surface area contributed by atoms with E-state index < -0.39 is 5.97 Å². The third-order valence-corrected chi connectivity index (χ3v) is 3.76. The molecule has 1 fully saturated rings. The Morgan fingerprint density at radius 3 is 2.00 bits per heavy atom. The van der Waals surface area contributed by atoms with Gasteiger partial charge in [0.15, 0.2) is 0 Å². The number of benzene rings is 1. The molecule has 0 bridgehead atoms. The normalized spacial score (nSPS) is 16.4. The zero-order valence-corrected chi connectivity index (χ0v) is 11.5. The molecule has 0 unspecified atom stereocenters. The van der Waals surface area contributed by atoms with E-state index in [0.717, 1.165) is 31.6 Å². The molecule has 1 saturated heterocycles. The molecule has 1 aromatic carbocycles. The van der Waals surface area contributed by atoms with E-state index in [9.17, 15) is 4.79 Å². The van der Waals surface area contributed by atoms with E-state index in [-0.39, 0.29) is 5.56 Å². The highest BCUT2D eigenvalue weighted by Gasteiger charge is 2.18. The molecule has 1 heterocycles. The zero-order chi connectivity index (χ0) is 13.1. The number of rotatable bonds is 2. The highest BCUT2D eigenvalue weighted by atomic mass is 35.5. The number of halogens is 2. The van der Waals surface area contributed by atoms with Crippen LogP contribution in [0.15, 0.2) is 12.1 Å². The fourth-order valence-electron chi connectivity index (χ4n) is 2.29. The molecular formula is C13H15Cl2NO2. The van der Waals surface area contributed by atoms with Crippen LogP contribution >= 0.6 is 23.2 Å². The van der Waals surface area contributed by atoms with Gasteiger partial charge in [0.1, 0.15) is 0 Å². The van der Waals surface area contributed by atoms with Crippen LogP contribution in [0.5, 0.6) is 0 Å². The van der Waals surface area contributed by atoms with Gasteiger partial charge in [-0.2, -0.15) is 0 Å². The minimum atomic E-state index is -1.01. The third kappa shape index (κ3) is 2.90. The number of carbonyl (C=O) groups is 1. The van der Waals surface area contributed by atoms with Gasteiger partial charge in [0.2, 0.25) is 0 Å². The molecule has 1 aliphatic heterocycles. The summed E-state index contributed by atoms with van der Waals surface area (Å²) in [6, 6.07) is 2.94. The summed E-state index contributed by atoms with van der Waals surface area (Å²) in [5, 5.41) is 9.79. The van der Waals surface area contributed by atoms with Gasteiger partial charge in [-0.1, -0.05) is 36.0 Å². The van der Waals surface area contributed by atoms with Crippen molar-refractivity contribution in [2.45, 2.75) is 25.7 Å². The van der Waals surface area contributed by atoms with Crippen LogP contribution in [0.4, 0.5) is 5.69 Å². The average Bonchev–Trinajstić information content (AvgIpc) is 2.57. The lowest BCUT2D eigenvalue weighted by Gasteiger charge is -2.25. The van der Waals surface area contributed by atoms with Gasteiger partial charge in [-0.3, -0.25) is 0 Å². The van der Waals surface area contributed by atoms with Crippen molar-refractivity contribution in [2.75, 3.05) is 18.0 Å². The fraction of sp³-hybridized carbons (Fsp3) is 0.462. The molecule has 3 nitrogen and oxygen atoms in total. The van der Waals surface area contributed by atoms with Crippen molar-refractivity contribution in [1.82, 2.24) is 0 Å². The van der Waals surface area contributed by atoms with E-state index in [4.69, 9.17) is 28.3 Å². The Morgan fingerprint density at radius 2 is 1.56 bits per heavy atom. The summed E-state index contributed by atoms with van der Waals surface area (Å²) in [5.41, 5.74) is 0.897. The van der Waals surface area contributed by atoms with Crippen molar-refractivity contribution < 1.29 is 9.90 Å². The molecule has 2 rings (SSSR count). The second-order valence-electron chi connectivity index (χ2n) is 4.49. The maximum Gasteiger partial charge on any atom is 0.335 e. The molecule has 18 heavy (non-hydrogen) atoms. The Balaban J connectivity index is 2.34. The largest absolute Gasteiger partial charge is 0.478 e. The number of carboxylic acids is 1. The number of anilines is 1. The summed E-state index contributed by atoms with van der Waals surface area (Å²) in [4.78, 5) is 13.1. The van der Waals surface area contributed by atoms with Crippen LogP contribution in [-0.4, -0.2) is 24.2 Å². The van der Waals surface area contributed by atoms with Crippen molar-refractivity contribution in [1.29, 1.82) is 0 Å². The highest BCUT2D eigenvalue weighted by molar-refractivity contribution is 6.39. The minimum absolute atomic E-state index is 0.128. The van der Waals surface area contributed by atoms with E-state index in [2.05, 4.69) is 4.90 Å². The Morgan fingerprint density at radius 1 is 1.06 bits per heavy atom. The first-order chi connectivity index (χ1) is 8.59. The van der Waals surface area contributed by atoms with Crippen LogP contribution in [0.1, 0.15) is 36.0 Å². The summed E-state index contributed by atoms with van der Waals surface area (Å²) >= 11 is 12.4. The van der Waals surface area contributed by atoms with Crippen LogP contribution in [-0.2, 0) is 0 Å². The van der Waals surface area contributed by atoms with Gasteiger partial charge in [-0.15, -0.1) is 0 Å². The summed E-state index contributed by atoms with van der Waals surface area (Å²) in [6.45, 7) is 1.84. The van der Waals surface area contributed by atoms with Crippen molar-refractivity contribution in [2.24, 2.45) is 0 Å². The molecule has 1 N–H and O–H groups in total. The molecule has 0 radical (unpaired) electrons. The highest BCUT2D eigenvalue weighted by Crippen LogP contribution is 2.36. The van der Waals surface area contributed by atoms with Crippen LogP contribution < -0.4 is 4.90 Å². The maximum atomic E-state index is 10.9. The summed E-state index contributed by atoms with van der Waals surface area (Å²) in [7, 11) is 0. The number of nitrogens with zero attached hydrogens (tertiary/aromatic N) is 1. The second kappa shape index (κ2) is 5.81. The predicted molar refractivity (Wildman–Crippen MR) is 74.1 cm³/mol. The Hall–Kier alpha value is -0.930. The molecule has 1 aliphatic rings. The summed E-state index contributed by atoms with van der Waals surface area (Å²) in [6.07, 6.45) is 4.68. The first-order valence-electron chi connectivity index (χ1n) is 6.07. The van der Waals surface area contributed by atoms with Gasteiger partial charge in [0, 0.05) is 13.1 Å². The molecule has 1 aromatic rings. The fourth-order valence-corrected chi connectivity index (χ4v) is 3.01. The first kappa shape index (κ1) is 13.5. The molecule has 98 valence electrons. The molecule has 0 atom stereocenters. The second-order valence-corrected chi connectivity index (χ2v) is 5.31. The van der Waals surface area contributed by atoms with Crippen LogP contribution in [0, 0.1) is 0 Å². The van der Waals surface area contributed by atoms with E-state index in [1.807, 2.05) is 0 Å². The van der Waals surface area contributed by atoms with Crippen molar-refractivity contribution >= 4 is 34.9 Å². The van der Waals surface area contributed by atoms with Gasteiger partial charge in [0.25, 0.3) is 0 Å². The predicted octanol–water partition coefficient (Wildman–Crippen LogP) is 4.07. The SMILES string of the molecule is O=C(O)c1cc(Cl)c(N2CCCCCC2)c(Cl)c1. The van der Waals surface area contributed by atoms with Gasteiger partial charge >= 0.3 is 5.97 Å². The maximum absolute atomic E-state index is 10.9. The lowest BCUT2D eigenvalue weighted by atomic mass is 10.2. The van der Waals surface area contributed by atoms with Gasteiger partial charge < -0.3 is 10.0 Å². The van der Waals surface area contributed by atoms with Crippen LogP contribution in [0.3, 0.4) is 0 Å².